The van der Waals surface area contributed by atoms with E-state index in [-0.39, 0.29) is 6.01 Å². The zero-order valence-corrected chi connectivity index (χ0v) is 11.8. The molecule has 2 aromatic carbocycles. The Morgan fingerprint density at radius 1 is 1.00 bits per heavy atom. The van der Waals surface area contributed by atoms with Gasteiger partial charge in [0.05, 0.1) is 18.0 Å². The molecule has 0 aliphatic rings. The lowest BCUT2D eigenvalue weighted by atomic mass is 10.0. The van der Waals surface area contributed by atoms with Crippen molar-refractivity contribution in [2.75, 3.05) is 12.8 Å². The van der Waals surface area contributed by atoms with Crippen LogP contribution in [0.2, 0.25) is 0 Å². The standard InChI is InChI=1S/C16H12N4O2/c1-21-15-11-6-9(2-4-12(11)18-8-19-15)10-3-5-14-13(7-10)20-16(17)22-14/h2-8H,1H3,(H2,17,20). The molecular formula is C16H12N4O2. The smallest absolute Gasteiger partial charge is 0.292 e. The predicted molar refractivity (Wildman–Crippen MR) is 83.5 cm³/mol. The summed E-state index contributed by atoms with van der Waals surface area (Å²) >= 11 is 0. The summed E-state index contributed by atoms with van der Waals surface area (Å²) < 4.78 is 10.6. The van der Waals surface area contributed by atoms with Gasteiger partial charge in [-0.25, -0.2) is 9.97 Å². The van der Waals surface area contributed by atoms with Crippen LogP contribution in [-0.4, -0.2) is 22.1 Å². The molecule has 0 aliphatic carbocycles. The fourth-order valence-electron chi connectivity index (χ4n) is 2.50. The van der Waals surface area contributed by atoms with Crippen LogP contribution < -0.4 is 10.5 Å². The Morgan fingerprint density at radius 2 is 1.82 bits per heavy atom. The number of hydrogen-bond donors (Lipinski definition) is 1. The Labute approximate surface area is 125 Å². The van der Waals surface area contributed by atoms with Gasteiger partial charge in [0.1, 0.15) is 11.8 Å². The molecule has 0 aliphatic heterocycles. The van der Waals surface area contributed by atoms with Crippen LogP contribution in [0.5, 0.6) is 5.88 Å². The van der Waals surface area contributed by atoms with Crippen molar-refractivity contribution in [1.29, 1.82) is 0 Å². The number of anilines is 1. The number of rotatable bonds is 2. The van der Waals surface area contributed by atoms with Crippen molar-refractivity contribution >= 4 is 28.0 Å². The van der Waals surface area contributed by atoms with Crippen molar-refractivity contribution in [3.05, 3.63) is 42.7 Å². The summed E-state index contributed by atoms with van der Waals surface area (Å²) in [5.74, 6) is 0.554. The largest absolute Gasteiger partial charge is 0.480 e. The molecule has 0 unspecified atom stereocenters. The van der Waals surface area contributed by atoms with Crippen molar-refractivity contribution in [3.63, 3.8) is 0 Å². The summed E-state index contributed by atoms with van der Waals surface area (Å²) in [5.41, 5.74) is 9.84. The van der Waals surface area contributed by atoms with E-state index < -0.39 is 0 Å². The van der Waals surface area contributed by atoms with Gasteiger partial charge < -0.3 is 14.9 Å². The lowest BCUT2D eigenvalue weighted by Crippen LogP contribution is -1.91. The van der Waals surface area contributed by atoms with E-state index >= 15 is 0 Å². The van der Waals surface area contributed by atoms with Crippen LogP contribution in [-0.2, 0) is 0 Å². The molecule has 4 aromatic rings. The van der Waals surface area contributed by atoms with Gasteiger partial charge in [0.15, 0.2) is 5.58 Å². The average molecular weight is 292 g/mol. The highest BCUT2D eigenvalue weighted by Gasteiger charge is 2.08. The quantitative estimate of drug-likeness (QED) is 0.611. The lowest BCUT2D eigenvalue weighted by molar-refractivity contribution is 0.402. The molecular weight excluding hydrogens is 280 g/mol. The molecule has 6 nitrogen and oxygen atoms in total. The molecule has 0 fully saturated rings. The van der Waals surface area contributed by atoms with E-state index in [4.69, 9.17) is 14.9 Å². The first-order valence-corrected chi connectivity index (χ1v) is 6.70. The van der Waals surface area contributed by atoms with Gasteiger partial charge in [-0.15, -0.1) is 0 Å². The van der Waals surface area contributed by atoms with Crippen LogP contribution in [0.4, 0.5) is 6.01 Å². The van der Waals surface area contributed by atoms with Gasteiger partial charge in [-0.05, 0) is 35.4 Å². The maximum atomic E-state index is 5.58. The summed E-state index contributed by atoms with van der Waals surface area (Å²) in [7, 11) is 1.60. The van der Waals surface area contributed by atoms with E-state index in [1.54, 1.807) is 7.11 Å². The average Bonchev–Trinajstić information content (AvgIpc) is 2.92. The number of hydrogen-bond acceptors (Lipinski definition) is 6. The fourth-order valence-corrected chi connectivity index (χ4v) is 2.50. The summed E-state index contributed by atoms with van der Waals surface area (Å²) in [6.45, 7) is 0. The SMILES string of the molecule is COc1ncnc2ccc(-c3ccc4oc(N)nc4c3)cc12. The third-order valence-corrected chi connectivity index (χ3v) is 3.53. The molecule has 22 heavy (non-hydrogen) atoms. The third-order valence-electron chi connectivity index (χ3n) is 3.53. The minimum Gasteiger partial charge on any atom is -0.480 e. The number of methoxy groups -OCH3 is 1. The monoisotopic (exact) mass is 292 g/mol. The number of nitrogens with two attached hydrogens (primary N) is 1. The van der Waals surface area contributed by atoms with Gasteiger partial charge in [0.2, 0.25) is 5.88 Å². The summed E-state index contributed by atoms with van der Waals surface area (Å²) in [6.07, 6.45) is 1.49. The maximum absolute atomic E-state index is 5.58. The van der Waals surface area contributed by atoms with Crippen molar-refractivity contribution in [3.8, 4) is 17.0 Å². The molecule has 0 amide bonds. The number of aromatic nitrogens is 3. The number of nitrogens with zero attached hydrogens (tertiary/aromatic N) is 3. The second-order valence-corrected chi connectivity index (χ2v) is 4.85. The van der Waals surface area contributed by atoms with Gasteiger partial charge in [0.25, 0.3) is 6.01 Å². The molecule has 2 N–H and O–H groups in total. The number of ether oxygens (including phenoxy) is 1. The van der Waals surface area contributed by atoms with Crippen molar-refractivity contribution in [1.82, 2.24) is 15.0 Å². The van der Waals surface area contributed by atoms with E-state index in [9.17, 15) is 0 Å². The van der Waals surface area contributed by atoms with Crippen molar-refractivity contribution in [2.45, 2.75) is 0 Å². The summed E-state index contributed by atoms with van der Waals surface area (Å²) in [5, 5.41) is 0.863. The van der Waals surface area contributed by atoms with E-state index in [2.05, 4.69) is 15.0 Å². The number of benzene rings is 2. The third kappa shape index (κ3) is 1.93. The minimum absolute atomic E-state index is 0.167. The number of oxazole rings is 1. The Balaban J connectivity index is 1.91. The summed E-state index contributed by atoms with van der Waals surface area (Å²) in [4.78, 5) is 12.5. The number of nitrogen functional groups attached to an aromatic ring is 1. The molecule has 4 rings (SSSR count). The van der Waals surface area contributed by atoms with Crippen LogP contribution in [0.25, 0.3) is 33.1 Å². The van der Waals surface area contributed by atoms with Crippen LogP contribution in [0.15, 0.2) is 47.1 Å². The van der Waals surface area contributed by atoms with Gasteiger partial charge in [-0.2, -0.15) is 4.98 Å². The highest BCUT2D eigenvalue weighted by molar-refractivity contribution is 5.89. The Kier molecular flexibility index (Phi) is 2.69. The van der Waals surface area contributed by atoms with E-state index in [1.165, 1.54) is 6.33 Å². The van der Waals surface area contributed by atoms with Gasteiger partial charge >= 0.3 is 0 Å². The first-order valence-electron chi connectivity index (χ1n) is 6.70. The first kappa shape index (κ1) is 12.6. The second-order valence-electron chi connectivity index (χ2n) is 4.85. The van der Waals surface area contributed by atoms with Gasteiger partial charge in [-0.1, -0.05) is 12.1 Å². The van der Waals surface area contributed by atoms with Crippen LogP contribution >= 0.6 is 0 Å². The predicted octanol–water partition coefficient (Wildman–Crippen LogP) is 3.03. The van der Waals surface area contributed by atoms with Crippen LogP contribution in [0.3, 0.4) is 0 Å². The Morgan fingerprint density at radius 3 is 2.68 bits per heavy atom. The fraction of sp³-hybridized carbons (Fsp3) is 0.0625. The molecule has 0 radical (unpaired) electrons. The first-order chi connectivity index (χ1) is 10.7. The molecule has 0 bridgehead atoms. The van der Waals surface area contributed by atoms with Crippen molar-refractivity contribution < 1.29 is 9.15 Å². The molecule has 0 atom stereocenters. The van der Waals surface area contributed by atoms with E-state index in [0.29, 0.717) is 11.5 Å². The highest BCUT2D eigenvalue weighted by Crippen LogP contribution is 2.30. The molecule has 108 valence electrons. The number of fused-ring (bicyclic) bond motifs is 2. The topological polar surface area (TPSA) is 87.1 Å². The van der Waals surface area contributed by atoms with Gasteiger partial charge in [0, 0.05) is 0 Å². The molecule has 0 saturated carbocycles. The van der Waals surface area contributed by atoms with E-state index in [0.717, 1.165) is 27.5 Å². The highest BCUT2D eigenvalue weighted by atomic mass is 16.5. The summed E-state index contributed by atoms with van der Waals surface area (Å²) in [6, 6.07) is 11.9. The van der Waals surface area contributed by atoms with Crippen LogP contribution in [0, 0.1) is 0 Å². The Hall–Kier alpha value is -3.15. The lowest BCUT2D eigenvalue weighted by Gasteiger charge is -2.06. The van der Waals surface area contributed by atoms with Crippen molar-refractivity contribution in [2.24, 2.45) is 0 Å². The Bertz CT molecular complexity index is 994. The second kappa shape index (κ2) is 4.70. The molecule has 2 heterocycles. The zero-order valence-electron chi connectivity index (χ0n) is 11.8. The molecule has 6 heteroatoms. The molecule has 0 saturated heterocycles. The zero-order chi connectivity index (χ0) is 15.1. The van der Waals surface area contributed by atoms with Gasteiger partial charge in [-0.3, -0.25) is 0 Å². The molecule has 2 aromatic heterocycles. The van der Waals surface area contributed by atoms with E-state index in [1.807, 2.05) is 36.4 Å². The normalized spacial score (nSPS) is 11.1. The molecule has 0 spiro atoms. The maximum Gasteiger partial charge on any atom is 0.292 e. The van der Waals surface area contributed by atoms with Crippen LogP contribution in [0.1, 0.15) is 0 Å². The minimum atomic E-state index is 0.167.